The largest absolute Gasteiger partial charge is 0.447 e. The van der Waals surface area contributed by atoms with Gasteiger partial charge in [-0.3, -0.25) is 15.0 Å². The number of hydrogen-bond donors (Lipinski definition) is 3. The van der Waals surface area contributed by atoms with Gasteiger partial charge in [-0.15, -0.1) is 0 Å². The minimum Gasteiger partial charge on any atom is -0.447 e. The van der Waals surface area contributed by atoms with Gasteiger partial charge in [0.25, 0.3) is 0 Å². The van der Waals surface area contributed by atoms with E-state index in [2.05, 4.69) is 30.1 Å². The Morgan fingerprint density at radius 1 is 1.30 bits per heavy atom. The molecule has 0 bridgehead atoms. The highest BCUT2D eigenvalue weighted by atomic mass is 32.2. The van der Waals surface area contributed by atoms with Crippen molar-refractivity contribution in [2.45, 2.75) is 38.3 Å². The molecule has 156 valence electrons. The van der Waals surface area contributed by atoms with Crippen LogP contribution in [0.5, 0.6) is 0 Å². The Hall–Kier alpha value is -3.40. The molecule has 3 heterocycles. The number of benzene rings is 1. The molecule has 1 aromatic carbocycles. The summed E-state index contributed by atoms with van der Waals surface area (Å²) in [5, 5.41) is 13.2. The Labute approximate surface area is 178 Å². The maximum atomic E-state index is 11.7. The molecule has 9 nitrogen and oxygen atoms in total. The van der Waals surface area contributed by atoms with Crippen LogP contribution < -0.4 is 10.6 Å². The minimum absolute atomic E-state index is 0.161. The number of imidazole rings is 1. The molecule has 3 aromatic rings. The third-order valence-corrected chi connectivity index (χ3v) is 5.12. The van der Waals surface area contributed by atoms with Crippen LogP contribution in [-0.2, 0) is 11.3 Å². The predicted molar refractivity (Wildman–Crippen MR) is 117 cm³/mol. The summed E-state index contributed by atoms with van der Waals surface area (Å²) in [6.07, 6.45) is 5.11. The SMILES string of the molecule is Cc1cc(NC2=CN(Sc3ccc(NC(=O)OC(C)C)cc3)Cc3nccn32)n[nH]1. The first kappa shape index (κ1) is 19.9. The van der Waals surface area contributed by atoms with E-state index in [1.54, 1.807) is 18.1 Å². The second-order valence-corrected chi connectivity index (χ2v) is 8.18. The van der Waals surface area contributed by atoms with Crippen LogP contribution >= 0.6 is 11.9 Å². The lowest BCUT2D eigenvalue weighted by Crippen LogP contribution is -2.23. The Bertz CT molecular complexity index is 1060. The van der Waals surface area contributed by atoms with E-state index in [9.17, 15) is 4.79 Å². The van der Waals surface area contributed by atoms with Crippen molar-refractivity contribution in [3.63, 3.8) is 0 Å². The summed E-state index contributed by atoms with van der Waals surface area (Å²) in [6.45, 7) is 6.24. The van der Waals surface area contributed by atoms with Crippen molar-refractivity contribution in [2.24, 2.45) is 0 Å². The summed E-state index contributed by atoms with van der Waals surface area (Å²) in [5.74, 6) is 2.53. The van der Waals surface area contributed by atoms with E-state index in [0.717, 1.165) is 28.1 Å². The van der Waals surface area contributed by atoms with Crippen LogP contribution in [0.4, 0.5) is 16.3 Å². The van der Waals surface area contributed by atoms with Crippen molar-refractivity contribution < 1.29 is 9.53 Å². The van der Waals surface area contributed by atoms with Crippen LogP contribution in [-0.4, -0.2) is 36.3 Å². The van der Waals surface area contributed by atoms with Crippen molar-refractivity contribution in [3.05, 3.63) is 60.4 Å². The average molecular weight is 426 g/mol. The number of amides is 1. The Morgan fingerprint density at radius 3 is 2.80 bits per heavy atom. The number of anilines is 2. The van der Waals surface area contributed by atoms with Gasteiger partial charge in [0, 0.05) is 34.7 Å². The zero-order valence-electron chi connectivity index (χ0n) is 16.9. The summed E-state index contributed by atoms with van der Waals surface area (Å²) in [7, 11) is 0. The van der Waals surface area contributed by atoms with Crippen LogP contribution in [0.15, 0.2) is 53.8 Å². The number of aromatic amines is 1. The predicted octanol–water partition coefficient (Wildman–Crippen LogP) is 4.26. The van der Waals surface area contributed by atoms with E-state index in [-0.39, 0.29) is 6.10 Å². The quantitative estimate of drug-likeness (QED) is 0.507. The summed E-state index contributed by atoms with van der Waals surface area (Å²) < 4.78 is 9.20. The summed E-state index contributed by atoms with van der Waals surface area (Å²) in [4.78, 5) is 17.2. The molecule has 10 heteroatoms. The smallest absolute Gasteiger partial charge is 0.411 e. The number of nitrogens with one attached hydrogen (secondary N) is 3. The summed E-state index contributed by atoms with van der Waals surface area (Å²) >= 11 is 1.58. The Balaban J connectivity index is 1.45. The topological polar surface area (TPSA) is 100 Å². The van der Waals surface area contributed by atoms with Crippen LogP contribution in [0.2, 0.25) is 0 Å². The van der Waals surface area contributed by atoms with Gasteiger partial charge in [0.15, 0.2) is 5.82 Å². The number of nitrogens with zero attached hydrogens (tertiary/aromatic N) is 4. The van der Waals surface area contributed by atoms with Crippen molar-refractivity contribution >= 4 is 35.4 Å². The number of fused-ring (bicyclic) bond motifs is 1. The lowest BCUT2D eigenvalue weighted by atomic mass is 10.3. The molecule has 2 aromatic heterocycles. The first-order chi connectivity index (χ1) is 14.5. The first-order valence-electron chi connectivity index (χ1n) is 9.52. The second kappa shape index (κ2) is 8.54. The van der Waals surface area contributed by atoms with Crippen molar-refractivity contribution in [1.82, 2.24) is 24.1 Å². The van der Waals surface area contributed by atoms with Crippen molar-refractivity contribution in [1.29, 1.82) is 0 Å². The highest BCUT2D eigenvalue weighted by Gasteiger charge is 2.19. The molecule has 0 saturated heterocycles. The molecule has 0 unspecified atom stereocenters. The molecule has 30 heavy (non-hydrogen) atoms. The molecule has 0 aliphatic carbocycles. The fourth-order valence-corrected chi connectivity index (χ4v) is 3.78. The highest BCUT2D eigenvalue weighted by Crippen LogP contribution is 2.30. The monoisotopic (exact) mass is 425 g/mol. The van der Waals surface area contributed by atoms with E-state index in [4.69, 9.17) is 4.74 Å². The van der Waals surface area contributed by atoms with Crippen LogP contribution in [0, 0.1) is 6.92 Å². The van der Waals surface area contributed by atoms with Gasteiger partial charge in [-0.25, -0.2) is 9.78 Å². The van der Waals surface area contributed by atoms with E-state index < -0.39 is 6.09 Å². The molecule has 4 rings (SSSR count). The molecular weight excluding hydrogens is 402 g/mol. The van der Waals surface area contributed by atoms with Gasteiger partial charge in [-0.1, -0.05) is 0 Å². The standard InChI is InChI=1S/C20H23N7O2S/c1-13(2)29-20(28)22-15-4-6-16(7-5-15)30-26-11-18-21-8-9-27(18)19(12-26)23-17-10-14(3)24-25-17/h4-10,12-13H,11H2,1-3H3,(H,22,28)(H2,23,24,25). The van der Waals surface area contributed by atoms with Gasteiger partial charge in [-0.05, 0) is 57.0 Å². The zero-order valence-corrected chi connectivity index (χ0v) is 17.7. The van der Waals surface area contributed by atoms with Gasteiger partial charge >= 0.3 is 6.09 Å². The van der Waals surface area contributed by atoms with E-state index in [1.165, 1.54) is 0 Å². The third-order valence-electron chi connectivity index (χ3n) is 4.17. The lowest BCUT2D eigenvalue weighted by molar-refractivity contribution is 0.130. The molecule has 1 aliphatic heterocycles. The van der Waals surface area contributed by atoms with Gasteiger partial charge in [0.05, 0.1) is 18.8 Å². The first-order valence-corrected chi connectivity index (χ1v) is 10.3. The zero-order chi connectivity index (χ0) is 21.1. The number of carbonyl (C=O) groups is 1. The third kappa shape index (κ3) is 4.77. The number of ether oxygens (including phenoxy) is 1. The van der Waals surface area contributed by atoms with Crippen LogP contribution in [0.3, 0.4) is 0 Å². The number of carbonyl (C=O) groups excluding carboxylic acids is 1. The molecule has 0 spiro atoms. The van der Waals surface area contributed by atoms with Gasteiger partial charge < -0.3 is 14.4 Å². The summed E-state index contributed by atoms with van der Waals surface area (Å²) in [6, 6.07) is 9.55. The van der Waals surface area contributed by atoms with E-state index >= 15 is 0 Å². The Morgan fingerprint density at radius 2 is 2.10 bits per heavy atom. The second-order valence-electron chi connectivity index (χ2n) is 7.06. The number of aryl methyl sites for hydroxylation is 1. The number of H-pyrrole nitrogens is 1. The molecule has 0 radical (unpaired) electrons. The number of rotatable bonds is 6. The lowest BCUT2D eigenvalue weighted by Gasteiger charge is -2.26. The van der Waals surface area contributed by atoms with Crippen molar-refractivity contribution in [2.75, 3.05) is 10.6 Å². The molecule has 1 amide bonds. The molecule has 1 aliphatic rings. The maximum absolute atomic E-state index is 11.7. The maximum Gasteiger partial charge on any atom is 0.411 e. The van der Waals surface area contributed by atoms with Crippen LogP contribution in [0.25, 0.3) is 5.82 Å². The molecule has 0 atom stereocenters. The number of hydrogen-bond acceptors (Lipinski definition) is 7. The summed E-state index contributed by atoms with van der Waals surface area (Å²) in [5.41, 5.74) is 1.67. The van der Waals surface area contributed by atoms with Crippen LogP contribution in [0.1, 0.15) is 25.4 Å². The van der Waals surface area contributed by atoms with Crippen molar-refractivity contribution in [3.8, 4) is 0 Å². The number of aromatic nitrogens is 4. The molecule has 0 fully saturated rings. The fourth-order valence-electron chi connectivity index (χ4n) is 2.91. The Kier molecular flexibility index (Phi) is 5.66. The van der Waals surface area contributed by atoms with E-state index in [0.29, 0.717) is 12.2 Å². The fraction of sp³-hybridized carbons (Fsp3) is 0.250. The molecule has 3 N–H and O–H groups in total. The normalized spacial score (nSPS) is 13.1. The van der Waals surface area contributed by atoms with Gasteiger partial charge in [0.2, 0.25) is 0 Å². The van der Waals surface area contributed by atoms with Gasteiger partial charge in [-0.2, -0.15) is 5.10 Å². The average Bonchev–Trinajstić information content (AvgIpc) is 3.31. The van der Waals surface area contributed by atoms with Gasteiger partial charge in [0.1, 0.15) is 11.6 Å². The minimum atomic E-state index is -0.458. The molecular formula is C20H23N7O2S. The van der Waals surface area contributed by atoms with E-state index in [1.807, 2.05) is 68.1 Å². The molecule has 0 saturated carbocycles. The highest BCUT2D eigenvalue weighted by molar-refractivity contribution is 7.97.